The van der Waals surface area contributed by atoms with E-state index in [0.29, 0.717) is 0 Å². The summed E-state index contributed by atoms with van der Waals surface area (Å²) in [6, 6.07) is 17.5. The van der Waals surface area contributed by atoms with Crippen molar-refractivity contribution in [3.63, 3.8) is 0 Å². The molecular weight excluding hydrogens is 208 g/mol. The van der Waals surface area contributed by atoms with E-state index >= 15 is 0 Å². The average Bonchev–Trinajstić information content (AvgIpc) is 2.30. The lowest BCUT2D eigenvalue weighted by Crippen LogP contribution is -2.05. The van der Waals surface area contributed by atoms with E-state index in [1.54, 1.807) is 0 Å². The van der Waals surface area contributed by atoms with E-state index in [1.165, 1.54) is 11.1 Å². The monoisotopic (exact) mass is 225 g/mol. The molecule has 2 aromatic rings. The van der Waals surface area contributed by atoms with Crippen LogP contribution in [0.1, 0.15) is 19.4 Å². The molecule has 2 aromatic carbocycles. The van der Waals surface area contributed by atoms with Crippen LogP contribution in [-0.4, -0.2) is 6.10 Å². The highest BCUT2D eigenvalue weighted by molar-refractivity contribution is 5.66. The molecule has 1 heteroatoms. The molecule has 0 unspecified atom stereocenters. The van der Waals surface area contributed by atoms with Gasteiger partial charge in [0.05, 0.1) is 6.10 Å². The van der Waals surface area contributed by atoms with Crippen molar-refractivity contribution in [1.29, 1.82) is 0 Å². The lowest BCUT2D eigenvalue weighted by atomic mass is 10.0. The molecule has 0 heterocycles. The first-order valence-corrected chi connectivity index (χ1v) is 5.91. The van der Waals surface area contributed by atoms with Crippen molar-refractivity contribution in [2.75, 3.05) is 0 Å². The molecule has 0 atom stereocenters. The molecule has 0 saturated carbocycles. The smallest absolute Gasteiger partial charge is 0.119 e. The summed E-state index contributed by atoms with van der Waals surface area (Å²) in [7, 11) is 0. The minimum Gasteiger partial charge on any atom is -0.491 e. The zero-order valence-electron chi connectivity index (χ0n) is 10.5. The molecule has 0 fully saturated rings. The second-order valence-electron chi connectivity index (χ2n) is 4.42. The number of aryl methyl sites for hydroxylation is 1. The van der Waals surface area contributed by atoms with E-state index in [-0.39, 0.29) is 6.10 Å². The van der Waals surface area contributed by atoms with Crippen LogP contribution in [-0.2, 0) is 0 Å². The highest BCUT2D eigenvalue weighted by atomic mass is 16.5. The maximum atomic E-state index is 5.63. The molecule has 0 aliphatic carbocycles. The summed E-state index contributed by atoms with van der Waals surface area (Å²) >= 11 is 0. The second-order valence-corrected chi connectivity index (χ2v) is 4.42. The van der Waals surface area contributed by atoms with Crippen LogP contribution < -0.4 is 4.74 Å². The molecular formula is C16H17O. The highest BCUT2D eigenvalue weighted by Crippen LogP contribution is 2.25. The lowest BCUT2D eigenvalue weighted by Gasteiger charge is -2.10. The molecule has 0 N–H and O–H groups in total. The van der Waals surface area contributed by atoms with Crippen LogP contribution in [0.3, 0.4) is 0 Å². The Morgan fingerprint density at radius 1 is 1.06 bits per heavy atom. The zero-order valence-corrected chi connectivity index (χ0v) is 10.5. The van der Waals surface area contributed by atoms with Gasteiger partial charge in [-0.25, -0.2) is 0 Å². The summed E-state index contributed by atoms with van der Waals surface area (Å²) in [6.07, 6.45) is 0.214. The van der Waals surface area contributed by atoms with E-state index in [4.69, 9.17) is 4.74 Å². The van der Waals surface area contributed by atoms with Gasteiger partial charge >= 0.3 is 0 Å². The van der Waals surface area contributed by atoms with Gasteiger partial charge in [0, 0.05) is 0 Å². The first kappa shape index (κ1) is 11.7. The predicted octanol–water partition coefficient (Wildman–Crippen LogP) is 4.25. The fourth-order valence-corrected chi connectivity index (χ4v) is 1.80. The number of benzene rings is 2. The molecule has 0 aliphatic rings. The Labute approximate surface area is 103 Å². The Kier molecular flexibility index (Phi) is 3.48. The van der Waals surface area contributed by atoms with Gasteiger partial charge in [-0.3, -0.25) is 0 Å². The van der Waals surface area contributed by atoms with E-state index in [2.05, 4.69) is 31.2 Å². The van der Waals surface area contributed by atoms with E-state index < -0.39 is 0 Å². The fraction of sp³-hybridized carbons (Fsp3) is 0.250. The summed E-state index contributed by atoms with van der Waals surface area (Å²) < 4.78 is 5.63. The number of hydrogen-bond acceptors (Lipinski definition) is 1. The second kappa shape index (κ2) is 5.05. The molecule has 0 amide bonds. The molecule has 0 aromatic heterocycles. The minimum atomic E-state index is 0.214. The normalized spacial score (nSPS) is 10.6. The molecule has 1 nitrogen and oxygen atoms in total. The Balaban J connectivity index is 2.27. The van der Waals surface area contributed by atoms with E-state index in [0.717, 1.165) is 11.3 Å². The summed E-state index contributed by atoms with van der Waals surface area (Å²) in [4.78, 5) is 0. The molecule has 87 valence electrons. The van der Waals surface area contributed by atoms with Crippen LogP contribution in [0.2, 0.25) is 0 Å². The summed E-state index contributed by atoms with van der Waals surface area (Å²) in [5.74, 6) is 0.914. The molecule has 0 aliphatic heterocycles. The standard InChI is InChI=1S/C16H17O/c1-12(2)17-15-10-8-14(9-11-15)16-7-5-4-6-13(16)3/h4-6,8-12H,1-3H3. The Hall–Kier alpha value is -1.76. The minimum absolute atomic E-state index is 0.214. The topological polar surface area (TPSA) is 9.23 Å². The number of hydrogen-bond donors (Lipinski definition) is 0. The molecule has 0 bridgehead atoms. The van der Waals surface area contributed by atoms with Crippen molar-refractivity contribution in [2.24, 2.45) is 0 Å². The maximum absolute atomic E-state index is 5.63. The predicted molar refractivity (Wildman–Crippen MR) is 71.2 cm³/mol. The van der Waals surface area contributed by atoms with Crippen LogP contribution in [0.5, 0.6) is 5.75 Å². The van der Waals surface area contributed by atoms with Crippen molar-refractivity contribution >= 4 is 0 Å². The van der Waals surface area contributed by atoms with Gasteiger partial charge < -0.3 is 4.74 Å². The van der Waals surface area contributed by atoms with Crippen molar-refractivity contribution in [1.82, 2.24) is 0 Å². The van der Waals surface area contributed by atoms with Gasteiger partial charge in [0.15, 0.2) is 0 Å². The molecule has 17 heavy (non-hydrogen) atoms. The Morgan fingerprint density at radius 2 is 1.76 bits per heavy atom. The Morgan fingerprint density at radius 3 is 2.35 bits per heavy atom. The van der Waals surface area contributed by atoms with Crippen LogP contribution in [0.25, 0.3) is 11.1 Å². The van der Waals surface area contributed by atoms with E-state index in [9.17, 15) is 0 Å². The highest BCUT2D eigenvalue weighted by Gasteiger charge is 2.02. The van der Waals surface area contributed by atoms with Crippen LogP contribution in [0.15, 0.2) is 42.5 Å². The third kappa shape index (κ3) is 2.88. The number of ether oxygens (including phenoxy) is 1. The van der Waals surface area contributed by atoms with Crippen molar-refractivity contribution in [3.8, 4) is 16.9 Å². The Bertz CT molecular complexity index is 483. The van der Waals surface area contributed by atoms with E-state index in [1.807, 2.05) is 38.1 Å². The third-order valence-corrected chi connectivity index (χ3v) is 2.58. The van der Waals surface area contributed by atoms with Gasteiger partial charge in [0.1, 0.15) is 5.75 Å². The zero-order chi connectivity index (χ0) is 12.3. The quantitative estimate of drug-likeness (QED) is 0.758. The van der Waals surface area contributed by atoms with Gasteiger partial charge in [-0.2, -0.15) is 0 Å². The summed E-state index contributed by atoms with van der Waals surface area (Å²) in [6.45, 7) is 6.16. The summed E-state index contributed by atoms with van der Waals surface area (Å²) in [5.41, 5.74) is 3.58. The van der Waals surface area contributed by atoms with Crippen molar-refractivity contribution < 1.29 is 4.74 Å². The molecule has 0 saturated heterocycles. The average molecular weight is 225 g/mol. The molecule has 1 radical (unpaired) electrons. The third-order valence-electron chi connectivity index (χ3n) is 2.58. The fourth-order valence-electron chi connectivity index (χ4n) is 1.80. The largest absolute Gasteiger partial charge is 0.491 e. The van der Waals surface area contributed by atoms with Crippen molar-refractivity contribution in [2.45, 2.75) is 26.9 Å². The van der Waals surface area contributed by atoms with Gasteiger partial charge in [0.25, 0.3) is 0 Å². The van der Waals surface area contributed by atoms with Crippen LogP contribution in [0, 0.1) is 13.0 Å². The van der Waals surface area contributed by atoms with Crippen molar-refractivity contribution in [3.05, 3.63) is 54.1 Å². The maximum Gasteiger partial charge on any atom is 0.119 e. The lowest BCUT2D eigenvalue weighted by molar-refractivity contribution is 0.242. The molecule has 0 spiro atoms. The van der Waals surface area contributed by atoms with Gasteiger partial charge in [0.2, 0.25) is 0 Å². The first-order valence-electron chi connectivity index (χ1n) is 5.91. The SMILES string of the molecule is Cc1ccc[c]c1-c1ccc(OC(C)C)cc1. The van der Waals surface area contributed by atoms with Gasteiger partial charge in [-0.05, 0) is 55.7 Å². The first-order chi connectivity index (χ1) is 8.16. The van der Waals surface area contributed by atoms with Gasteiger partial charge in [-0.15, -0.1) is 0 Å². The van der Waals surface area contributed by atoms with Crippen LogP contribution in [0.4, 0.5) is 0 Å². The van der Waals surface area contributed by atoms with Gasteiger partial charge in [-0.1, -0.05) is 30.3 Å². The number of rotatable bonds is 3. The van der Waals surface area contributed by atoms with Crippen LogP contribution >= 0.6 is 0 Å². The summed E-state index contributed by atoms with van der Waals surface area (Å²) in [5, 5.41) is 0. The molecule has 2 rings (SSSR count).